The summed E-state index contributed by atoms with van der Waals surface area (Å²) in [6.45, 7) is 7.36. The molecule has 2 fully saturated rings. The zero-order valence-electron chi connectivity index (χ0n) is 12.6. The molecule has 0 amide bonds. The van der Waals surface area contributed by atoms with E-state index in [9.17, 15) is 0 Å². The Morgan fingerprint density at radius 1 is 1.19 bits per heavy atom. The van der Waals surface area contributed by atoms with Crippen LogP contribution >= 0.6 is 15.9 Å². The van der Waals surface area contributed by atoms with Crippen LogP contribution in [-0.4, -0.2) is 50.8 Å². The summed E-state index contributed by atoms with van der Waals surface area (Å²) in [5, 5.41) is 3.44. The molecule has 2 aliphatic rings. The van der Waals surface area contributed by atoms with E-state index in [2.05, 4.69) is 44.3 Å². The molecule has 116 valence electrons. The molecule has 0 saturated carbocycles. The van der Waals surface area contributed by atoms with Crippen LogP contribution in [0.1, 0.15) is 29.9 Å². The lowest BCUT2D eigenvalue weighted by Crippen LogP contribution is -2.37. The third kappa shape index (κ3) is 4.28. The molecule has 0 aliphatic carbocycles. The number of ether oxygens (including phenoxy) is 1. The Hall–Kier alpha value is -0.420. The molecule has 3 nitrogen and oxygen atoms in total. The Balaban J connectivity index is 1.58. The van der Waals surface area contributed by atoms with E-state index >= 15 is 0 Å². The quantitative estimate of drug-likeness (QED) is 0.901. The molecule has 2 saturated heterocycles. The van der Waals surface area contributed by atoms with Crippen molar-refractivity contribution >= 4 is 15.9 Å². The monoisotopic (exact) mass is 352 g/mol. The number of halogens is 1. The number of benzene rings is 1. The normalized spacial score (nSPS) is 21.6. The van der Waals surface area contributed by atoms with E-state index in [4.69, 9.17) is 4.74 Å². The second kappa shape index (κ2) is 7.73. The zero-order valence-corrected chi connectivity index (χ0v) is 14.2. The van der Waals surface area contributed by atoms with Crippen LogP contribution < -0.4 is 5.32 Å². The van der Waals surface area contributed by atoms with Gasteiger partial charge in [0.05, 0.1) is 13.2 Å². The minimum absolute atomic E-state index is 0.732. The van der Waals surface area contributed by atoms with Crippen LogP contribution in [0.2, 0.25) is 0 Å². The summed E-state index contributed by atoms with van der Waals surface area (Å²) in [5.74, 6) is 0.732. The van der Waals surface area contributed by atoms with Crippen LogP contribution in [0.4, 0.5) is 0 Å². The molecule has 21 heavy (non-hydrogen) atoms. The number of rotatable bonds is 4. The highest BCUT2D eigenvalue weighted by Crippen LogP contribution is 2.29. The Bertz CT molecular complexity index is 454. The molecule has 0 atom stereocenters. The summed E-state index contributed by atoms with van der Waals surface area (Å²) in [5.41, 5.74) is 2.93. The molecule has 2 heterocycles. The molecular formula is C17H25BrN2O. The first-order chi connectivity index (χ1) is 10.3. The van der Waals surface area contributed by atoms with Crippen molar-refractivity contribution in [3.8, 4) is 0 Å². The maximum Gasteiger partial charge on any atom is 0.0594 e. The molecule has 0 spiro atoms. The van der Waals surface area contributed by atoms with Gasteiger partial charge in [-0.05, 0) is 55.5 Å². The van der Waals surface area contributed by atoms with Gasteiger partial charge in [-0.3, -0.25) is 4.90 Å². The summed E-state index contributed by atoms with van der Waals surface area (Å²) >= 11 is 3.78. The maximum absolute atomic E-state index is 5.40. The van der Waals surface area contributed by atoms with Gasteiger partial charge in [0.2, 0.25) is 0 Å². The van der Waals surface area contributed by atoms with Gasteiger partial charge in [-0.1, -0.05) is 28.1 Å². The summed E-state index contributed by atoms with van der Waals surface area (Å²) in [7, 11) is 0. The highest BCUT2D eigenvalue weighted by atomic mass is 79.9. The van der Waals surface area contributed by atoms with Crippen molar-refractivity contribution in [3.05, 3.63) is 33.8 Å². The van der Waals surface area contributed by atoms with Crippen LogP contribution in [0.15, 0.2) is 22.7 Å². The predicted octanol–water partition coefficient (Wildman–Crippen LogP) is 2.79. The zero-order chi connectivity index (χ0) is 14.5. The van der Waals surface area contributed by atoms with Gasteiger partial charge in [-0.15, -0.1) is 0 Å². The van der Waals surface area contributed by atoms with Gasteiger partial charge in [0.25, 0.3) is 0 Å². The summed E-state index contributed by atoms with van der Waals surface area (Å²) in [4.78, 5) is 2.50. The maximum atomic E-state index is 5.40. The number of morpholine rings is 1. The minimum Gasteiger partial charge on any atom is -0.379 e. The second-order valence-electron chi connectivity index (χ2n) is 6.08. The van der Waals surface area contributed by atoms with Crippen LogP contribution in [-0.2, 0) is 11.2 Å². The van der Waals surface area contributed by atoms with Crippen molar-refractivity contribution in [2.75, 3.05) is 45.9 Å². The molecular weight excluding hydrogens is 328 g/mol. The summed E-state index contributed by atoms with van der Waals surface area (Å²) in [6.07, 6.45) is 3.65. The lowest BCUT2D eigenvalue weighted by molar-refractivity contribution is 0.0384. The third-order valence-electron chi connectivity index (χ3n) is 4.69. The standard InChI is InChI=1S/C17H25BrN2O/c18-17-13-16(14-3-6-19-7-4-14)2-1-15(17)5-8-20-9-11-21-12-10-20/h1-2,13-14,19H,3-12H2. The van der Waals surface area contributed by atoms with Gasteiger partial charge >= 0.3 is 0 Å². The molecule has 1 aromatic rings. The molecule has 1 aromatic carbocycles. The van der Waals surface area contributed by atoms with Crippen molar-refractivity contribution in [1.29, 1.82) is 0 Å². The fourth-order valence-corrected chi connectivity index (χ4v) is 3.87. The van der Waals surface area contributed by atoms with Gasteiger partial charge < -0.3 is 10.1 Å². The molecule has 1 N–H and O–H groups in total. The SMILES string of the molecule is Brc1cc(C2CCNCC2)ccc1CCN1CCOCC1. The Kier molecular flexibility index (Phi) is 5.69. The van der Waals surface area contributed by atoms with Crippen molar-refractivity contribution in [3.63, 3.8) is 0 Å². The summed E-state index contributed by atoms with van der Waals surface area (Å²) < 4.78 is 6.69. The number of piperidine rings is 1. The predicted molar refractivity (Wildman–Crippen MR) is 89.9 cm³/mol. The van der Waals surface area contributed by atoms with Crippen molar-refractivity contribution < 1.29 is 4.74 Å². The number of hydrogen-bond donors (Lipinski definition) is 1. The molecule has 4 heteroatoms. The fraction of sp³-hybridized carbons (Fsp3) is 0.647. The fourth-order valence-electron chi connectivity index (χ4n) is 3.28. The topological polar surface area (TPSA) is 24.5 Å². The number of hydrogen-bond acceptors (Lipinski definition) is 3. The van der Waals surface area contributed by atoms with Crippen molar-refractivity contribution in [1.82, 2.24) is 10.2 Å². The van der Waals surface area contributed by atoms with Gasteiger partial charge in [-0.2, -0.15) is 0 Å². The average molecular weight is 353 g/mol. The largest absolute Gasteiger partial charge is 0.379 e. The van der Waals surface area contributed by atoms with E-state index in [0.29, 0.717) is 0 Å². The van der Waals surface area contributed by atoms with Crippen LogP contribution in [0.3, 0.4) is 0 Å². The van der Waals surface area contributed by atoms with E-state index in [1.54, 1.807) is 0 Å². The Morgan fingerprint density at radius 2 is 1.95 bits per heavy atom. The van der Waals surface area contributed by atoms with Crippen molar-refractivity contribution in [2.45, 2.75) is 25.2 Å². The first kappa shape index (κ1) is 15.5. The molecule has 0 radical (unpaired) electrons. The van der Waals surface area contributed by atoms with E-state index in [1.807, 2.05) is 0 Å². The van der Waals surface area contributed by atoms with Gasteiger partial charge in [0.1, 0.15) is 0 Å². The highest BCUT2D eigenvalue weighted by Gasteiger charge is 2.16. The number of nitrogens with one attached hydrogen (secondary N) is 1. The van der Waals surface area contributed by atoms with Crippen molar-refractivity contribution in [2.24, 2.45) is 0 Å². The minimum atomic E-state index is 0.732. The molecule has 2 aliphatic heterocycles. The van der Waals surface area contributed by atoms with Crippen LogP contribution in [0.5, 0.6) is 0 Å². The van der Waals surface area contributed by atoms with Crippen LogP contribution in [0.25, 0.3) is 0 Å². The average Bonchev–Trinajstić information content (AvgIpc) is 2.55. The van der Waals surface area contributed by atoms with E-state index in [-0.39, 0.29) is 0 Å². The Labute approximate surface area is 136 Å². The highest BCUT2D eigenvalue weighted by molar-refractivity contribution is 9.10. The van der Waals surface area contributed by atoms with E-state index in [0.717, 1.165) is 58.3 Å². The second-order valence-corrected chi connectivity index (χ2v) is 6.93. The first-order valence-corrected chi connectivity index (χ1v) is 8.91. The van der Waals surface area contributed by atoms with E-state index in [1.165, 1.54) is 28.4 Å². The van der Waals surface area contributed by atoms with Crippen LogP contribution in [0, 0.1) is 0 Å². The lowest BCUT2D eigenvalue weighted by Gasteiger charge is -2.27. The summed E-state index contributed by atoms with van der Waals surface area (Å²) in [6, 6.07) is 7.02. The van der Waals surface area contributed by atoms with Gasteiger partial charge in [-0.25, -0.2) is 0 Å². The first-order valence-electron chi connectivity index (χ1n) is 8.12. The lowest BCUT2D eigenvalue weighted by atomic mass is 9.89. The Morgan fingerprint density at radius 3 is 2.67 bits per heavy atom. The van der Waals surface area contributed by atoms with E-state index < -0.39 is 0 Å². The third-order valence-corrected chi connectivity index (χ3v) is 5.43. The smallest absolute Gasteiger partial charge is 0.0594 e. The number of nitrogens with zero attached hydrogens (tertiary/aromatic N) is 1. The molecule has 0 aromatic heterocycles. The van der Waals surface area contributed by atoms with Gasteiger partial charge in [0, 0.05) is 24.1 Å². The molecule has 0 bridgehead atoms. The molecule has 0 unspecified atom stereocenters. The molecule has 3 rings (SSSR count). The van der Waals surface area contributed by atoms with Gasteiger partial charge in [0.15, 0.2) is 0 Å².